The van der Waals surface area contributed by atoms with Crippen molar-refractivity contribution < 1.29 is 18.9 Å². The lowest BCUT2D eigenvalue weighted by Crippen LogP contribution is -2.33. The summed E-state index contributed by atoms with van der Waals surface area (Å²) in [6.07, 6.45) is 8.53. The first-order chi connectivity index (χ1) is 18.9. The summed E-state index contributed by atoms with van der Waals surface area (Å²) in [6.45, 7) is 5.50. The van der Waals surface area contributed by atoms with Gasteiger partial charge in [0.15, 0.2) is 0 Å². The largest absolute Gasteiger partial charge is 0.497 e. The average Bonchev–Trinajstić information content (AvgIpc) is 3.31. The molecule has 1 aliphatic heterocycles. The van der Waals surface area contributed by atoms with E-state index in [9.17, 15) is 4.79 Å². The number of thiophene rings is 1. The van der Waals surface area contributed by atoms with Gasteiger partial charge in [-0.15, -0.1) is 11.3 Å². The molecule has 0 bridgehead atoms. The molecule has 1 fully saturated rings. The molecule has 9 heteroatoms. The van der Waals surface area contributed by atoms with Gasteiger partial charge in [0.1, 0.15) is 21.0 Å². The quantitative estimate of drug-likeness (QED) is 0.289. The molecule has 1 aromatic carbocycles. The topological polar surface area (TPSA) is 84.7 Å². The van der Waals surface area contributed by atoms with Gasteiger partial charge in [-0.05, 0) is 44.4 Å². The smallest absolute Gasteiger partial charge is 0.271 e. The van der Waals surface area contributed by atoms with E-state index in [2.05, 4.69) is 13.8 Å². The number of methoxy groups -OCH3 is 2. The molecule has 1 aliphatic carbocycles. The second-order valence-electron chi connectivity index (χ2n) is 11.1. The van der Waals surface area contributed by atoms with Gasteiger partial charge in [-0.1, -0.05) is 19.3 Å². The summed E-state index contributed by atoms with van der Waals surface area (Å²) in [6, 6.07) is 5.60. The van der Waals surface area contributed by atoms with Gasteiger partial charge in [0.05, 0.1) is 63.2 Å². The van der Waals surface area contributed by atoms with Crippen LogP contribution < -0.4 is 15.0 Å². The van der Waals surface area contributed by atoms with Crippen molar-refractivity contribution in [3.05, 3.63) is 57.3 Å². The van der Waals surface area contributed by atoms with Crippen molar-refractivity contribution >= 4 is 31.8 Å². The number of rotatable bonds is 7. The van der Waals surface area contributed by atoms with Crippen molar-refractivity contribution in [2.75, 3.05) is 14.2 Å². The molecule has 0 N–H and O–H groups in total. The van der Waals surface area contributed by atoms with Gasteiger partial charge in [0.25, 0.3) is 5.56 Å². The van der Waals surface area contributed by atoms with Gasteiger partial charge in [0.2, 0.25) is 0 Å². The Morgan fingerprint density at radius 3 is 2.74 bits per heavy atom. The molecule has 0 radical (unpaired) electrons. The normalized spacial score (nSPS) is 17.4. The van der Waals surface area contributed by atoms with Crippen molar-refractivity contribution in [1.29, 1.82) is 0 Å². The lowest BCUT2D eigenvalue weighted by molar-refractivity contribution is -0.0431. The Labute approximate surface area is 231 Å². The number of hydrogen-bond acceptors (Lipinski definition) is 8. The molecular formula is C30H35N3O5S. The Kier molecular flexibility index (Phi) is 7.07. The molecule has 0 saturated heterocycles. The first-order valence-corrected chi connectivity index (χ1v) is 14.5. The second-order valence-corrected chi connectivity index (χ2v) is 12.1. The van der Waals surface area contributed by atoms with Crippen LogP contribution in [-0.2, 0) is 35.7 Å². The van der Waals surface area contributed by atoms with E-state index < -0.39 is 0 Å². The standard InChI is InChI=1S/C30H35N3O5S/c1-30(2)13-23-21(16-38-30)22(15-37-19-8-6-5-7-9-19)25-26-27(39-28(25)32-23)29(34)33(17-31-26)14-18-10-11-20(35-3)12-24(18)36-4/h10-12,17,19H,5-9,13-16H2,1-4H3. The van der Waals surface area contributed by atoms with E-state index in [4.69, 9.17) is 28.9 Å². The first kappa shape index (κ1) is 26.2. The molecule has 8 nitrogen and oxygen atoms in total. The van der Waals surface area contributed by atoms with Crippen molar-refractivity contribution in [2.24, 2.45) is 0 Å². The molecule has 39 heavy (non-hydrogen) atoms. The molecule has 0 spiro atoms. The third kappa shape index (κ3) is 5.03. The molecule has 3 aromatic heterocycles. The molecule has 0 atom stereocenters. The monoisotopic (exact) mass is 549 g/mol. The summed E-state index contributed by atoms with van der Waals surface area (Å²) in [5.41, 5.74) is 4.40. The number of ether oxygens (including phenoxy) is 4. The summed E-state index contributed by atoms with van der Waals surface area (Å²) in [5, 5.41) is 0.930. The van der Waals surface area contributed by atoms with Crippen LogP contribution in [0.2, 0.25) is 0 Å². The zero-order valence-electron chi connectivity index (χ0n) is 23.0. The van der Waals surface area contributed by atoms with Crippen LogP contribution in [0.4, 0.5) is 0 Å². The first-order valence-electron chi connectivity index (χ1n) is 13.7. The summed E-state index contributed by atoms with van der Waals surface area (Å²) >= 11 is 1.42. The minimum atomic E-state index is -0.283. The highest BCUT2D eigenvalue weighted by Crippen LogP contribution is 2.39. The third-order valence-electron chi connectivity index (χ3n) is 7.95. The van der Waals surface area contributed by atoms with E-state index >= 15 is 0 Å². The van der Waals surface area contributed by atoms with Crippen molar-refractivity contribution in [2.45, 2.75) is 83.8 Å². The van der Waals surface area contributed by atoms with Crippen LogP contribution in [0.3, 0.4) is 0 Å². The maximum absolute atomic E-state index is 13.8. The van der Waals surface area contributed by atoms with Crippen LogP contribution in [0, 0.1) is 0 Å². The molecular weight excluding hydrogens is 514 g/mol. The third-order valence-corrected chi connectivity index (χ3v) is 9.01. The van der Waals surface area contributed by atoms with Crippen LogP contribution in [0.5, 0.6) is 11.5 Å². The SMILES string of the molecule is COc1ccc(Cn2cnc3c(sc4nc5c(c(COC6CCCCC6)c43)COC(C)(C)C5)c2=O)c(OC)c1. The fraction of sp³-hybridized carbons (Fsp3) is 0.500. The Bertz CT molecular complexity index is 1590. The van der Waals surface area contributed by atoms with Crippen molar-refractivity contribution in [1.82, 2.24) is 14.5 Å². The van der Waals surface area contributed by atoms with Gasteiger partial charge in [-0.25, -0.2) is 9.97 Å². The molecule has 2 aliphatic rings. The zero-order chi connectivity index (χ0) is 27.1. The van der Waals surface area contributed by atoms with Crippen LogP contribution in [0.15, 0.2) is 29.3 Å². The van der Waals surface area contributed by atoms with Gasteiger partial charge in [-0.3, -0.25) is 9.36 Å². The highest BCUT2D eigenvalue weighted by molar-refractivity contribution is 7.25. The highest BCUT2D eigenvalue weighted by atomic mass is 32.1. The summed E-state index contributed by atoms with van der Waals surface area (Å²) in [4.78, 5) is 24.5. The van der Waals surface area contributed by atoms with E-state index in [1.165, 1.54) is 30.6 Å². The van der Waals surface area contributed by atoms with Gasteiger partial charge in [0, 0.05) is 29.0 Å². The maximum atomic E-state index is 13.8. The predicted octanol–water partition coefficient (Wildman–Crippen LogP) is 5.77. The maximum Gasteiger partial charge on any atom is 0.271 e. The van der Waals surface area contributed by atoms with Gasteiger partial charge in [-0.2, -0.15) is 0 Å². The zero-order valence-corrected chi connectivity index (χ0v) is 23.9. The number of fused-ring (bicyclic) bond motifs is 4. The van der Waals surface area contributed by atoms with E-state index in [1.807, 2.05) is 18.2 Å². The molecule has 4 aromatic rings. The van der Waals surface area contributed by atoms with E-state index in [-0.39, 0.29) is 17.3 Å². The minimum absolute atomic E-state index is 0.0884. The van der Waals surface area contributed by atoms with Crippen LogP contribution in [0.25, 0.3) is 20.4 Å². The van der Waals surface area contributed by atoms with Gasteiger partial charge < -0.3 is 18.9 Å². The van der Waals surface area contributed by atoms with Crippen LogP contribution >= 0.6 is 11.3 Å². The second kappa shape index (κ2) is 10.5. The molecule has 4 heterocycles. The fourth-order valence-corrected chi connectivity index (χ4v) is 6.89. The Morgan fingerprint density at radius 1 is 1.15 bits per heavy atom. The summed E-state index contributed by atoms with van der Waals surface area (Å²) in [7, 11) is 3.23. The number of hydrogen-bond donors (Lipinski definition) is 0. The Morgan fingerprint density at radius 2 is 1.97 bits per heavy atom. The number of benzene rings is 1. The molecule has 0 amide bonds. The summed E-state index contributed by atoms with van der Waals surface area (Å²) < 4.78 is 25.8. The van der Waals surface area contributed by atoms with E-state index in [0.717, 1.165) is 51.9 Å². The summed E-state index contributed by atoms with van der Waals surface area (Å²) in [5.74, 6) is 1.36. The Balaban J connectivity index is 1.44. The van der Waals surface area contributed by atoms with E-state index in [1.54, 1.807) is 25.1 Å². The number of nitrogens with zero attached hydrogens (tertiary/aromatic N) is 3. The molecule has 6 rings (SSSR count). The van der Waals surface area contributed by atoms with Crippen molar-refractivity contribution in [3.63, 3.8) is 0 Å². The minimum Gasteiger partial charge on any atom is -0.497 e. The number of aromatic nitrogens is 3. The molecule has 1 saturated carbocycles. The van der Waals surface area contributed by atoms with Crippen LogP contribution in [0.1, 0.15) is 68.3 Å². The van der Waals surface area contributed by atoms with Gasteiger partial charge >= 0.3 is 0 Å². The fourth-order valence-electron chi connectivity index (χ4n) is 5.76. The highest BCUT2D eigenvalue weighted by Gasteiger charge is 2.31. The number of pyridine rings is 1. The lowest BCUT2D eigenvalue weighted by Gasteiger charge is -2.32. The van der Waals surface area contributed by atoms with E-state index in [0.29, 0.717) is 41.5 Å². The lowest BCUT2D eigenvalue weighted by atomic mass is 9.92. The predicted molar refractivity (Wildman–Crippen MR) is 152 cm³/mol. The van der Waals surface area contributed by atoms with Crippen molar-refractivity contribution in [3.8, 4) is 11.5 Å². The molecule has 0 unspecified atom stereocenters. The average molecular weight is 550 g/mol. The molecule has 206 valence electrons. The Hall–Kier alpha value is -3.01. The van der Waals surface area contributed by atoms with Crippen LogP contribution in [-0.4, -0.2) is 40.5 Å².